The van der Waals surface area contributed by atoms with E-state index in [-0.39, 0.29) is 57.8 Å². The van der Waals surface area contributed by atoms with Crippen molar-refractivity contribution in [2.24, 2.45) is 22.6 Å². The molecule has 63 heavy (non-hydrogen) atoms. The first kappa shape index (κ1) is 46.1. The fraction of sp³-hybridized carbons (Fsp3) is 0.467. The van der Waals surface area contributed by atoms with Gasteiger partial charge in [-0.1, -0.05) is 18.2 Å². The summed E-state index contributed by atoms with van der Waals surface area (Å²) in [6.45, 7) is 3.58. The Bertz CT molecular complexity index is 2290. The van der Waals surface area contributed by atoms with Gasteiger partial charge in [-0.05, 0) is 105 Å². The molecule has 6 rings (SSSR count). The number of aromatic nitrogens is 2. The topological polar surface area (TPSA) is 283 Å². The van der Waals surface area contributed by atoms with Crippen molar-refractivity contribution in [2.45, 2.75) is 83.0 Å². The Morgan fingerprint density at radius 1 is 0.984 bits per heavy atom. The number of likely N-dealkylation sites (N-methyl/N-ethyl adjacent to an activating group) is 1. The number of hydrogen-bond donors (Lipinski definition) is 7. The molecule has 10 N–H and O–H groups in total. The normalized spacial score (nSPS) is 19.5. The van der Waals surface area contributed by atoms with Gasteiger partial charge < -0.3 is 52.8 Å². The molecular formula is C45H57N11O7. The van der Waals surface area contributed by atoms with E-state index < -0.39 is 53.7 Å². The summed E-state index contributed by atoms with van der Waals surface area (Å²) >= 11 is 0. The average Bonchev–Trinajstić information content (AvgIpc) is 4.04. The molecule has 5 amide bonds. The molecule has 2 aliphatic carbocycles. The molecule has 1 saturated carbocycles. The van der Waals surface area contributed by atoms with Crippen LogP contribution in [-0.4, -0.2) is 109 Å². The summed E-state index contributed by atoms with van der Waals surface area (Å²) in [6.07, 6.45) is 9.18. The van der Waals surface area contributed by atoms with E-state index in [2.05, 4.69) is 37.3 Å². The van der Waals surface area contributed by atoms with Crippen molar-refractivity contribution >= 4 is 35.1 Å². The van der Waals surface area contributed by atoms with Crippen molar-refractivity contribution < 1.29 is 33.4 Å². The Labute approximate surface area is 366 Å². The molecule has 334 valence electrons. The Morgan fingerprint density at radius 2 is 1.68 bits per heavy atom. The minimum Gasteiger partial charge on any atom is -0.492 e. The van der Waals surface area contributed by atoms with Crippen LogP contribution >= 0.6 is 0 Å². The lowest BCUT2D eigenvalue weighted by Gasteiger charge is -2.32. The molecule has 1 aromatic heterocycles. The van der Waals surface area contributed by atoms with E-state index in [0.29, 0.717) is 50.7 Å². The molecule has 2 aromatic carbocycles. The molecule has 1 aliphatic heterocycles. The highest BCUT2D eigenvalue weighted by Gasteiger charge is 2.43. The third kappa shape index (κ3) is 11.0. The van der Waals surface area contributed by atoms with Gasteiger partial charge in [0.15, 0.2) is 5.82 Å². The first-order valence-corrected chi connectivity index (χ1v) is 21.3. The number of carbonyl (C=O) groups excluding carboxylic acids is 5. The van der Waals surface area contributed by atoms with Crippen molar-refractivity contribution in [1.29, 1.82) is 5.26 Å². The van der Waals surface area contributed by atoms with Crippen molar-refractivity contribution in [3.8, 4) is 28.7 Å². The lowest BCUT2D eigenvalue weighted by molar-refractivity contribution is -0.141. The van der Waals surface area contributed by atoms with Crippen LogP contribution in [0.15, 0.2) is 48.7 Å². The summed E-state index contributed by atoms with van der Waals surface area (Å²) in [5.41, 5.74) is 21.7. The van der Waals surface area contributed by atoms with Gasteiger partial charge in [0.05, 0.1) is 17.3 Å². The fourth-order valence-corrected chi connectivity index (χ4v) is 7.99. The Kier molecular flexibility index (Phi) is 15.1. The Balaban J connectivity index is 1.37. The number of benzene rings is 2. The zero-order chi connectivity index (χ0) is 45.3. The summed E-state index contributed by atoms with van der Waals surface area (Å²) in [6, 6.07) is 7.14. The van der Waals surface area contributed by atoms with Gasteiger partial charge in [-0.3, -0.25) is 24.0 Å². The van der Waals surface area contributed by atoms with Gasteiger partial charge in [-0.15, -0.1) is 0 Å². The standard InChI is InChI=1S/C45H57N11O7/c1-26-33(25-51-39(52-26)29-8-11-45(12-9-29)13-14-45)41(58)54-34(10-15-46)44(61)56(3)38-30-5-7-37(63-21-18-49)32(24-30)31-22-28(4-6-36(31)62-20-17-48)23-35(42(59)50-19-16-47)55-40(57)27(2)53-43(38)60/h4-8,22,24-25,27,34-35,38H,9-15,17-21,23,46,48-49H2,1-3H3,(H,50,59)(H,53,60)(H,54,58)(H,55,57)/t27-,34-,35-,38-/m0/s1. The van der Waals surface area contributed by atoms with E-state index in [1.807, 2.05) is 6.07 Å². The molecular weight excluding hydrogens is 807 g/mol. The van der Waals surface area contributed by atoms with Gasteiger partial charge in [0.2, 0.25) is 23.6 Å². The van der Waals surface area contributed by atoms with E-state index in [9.17, 15) is 24.0 Å². The molecule has 2 heterocycles. The van der Waals surface area contributed by atoms with Gasteiger partial charge >= 0.3 is 0 Å². The number of hydrogen-bond acceptors (Lipinski definition) is 13. The lowest BCUT2D eigenvalue weighted by atomic mass is 9.86. The smallest absolute Gasteiger partial charge is 0.255 e. The molecule has 18 nitrogen and oxygen atoms in total. The number of fused-ring (bicyclic) bond motifs is 5. The molecule has 3 aromatic rings. The van der Waals surface area contributed by atoms with Gasteiger partial charge in [-0.2, -0.15) is 5.26 Å². The molecule has 1 fully saturated rings. The number of carbonyl (C=O) groups is 5. The van der Waals surface area contributed by atoms with E-state index in [1.165, 1.54) is 37.9 Å². The van der Waals surface area contributed by atoms with Crippen molar-refractivity contribution in [3.05, 3.63) is 76.9 Å². The highest BCUT2D eigenvalue weighted by Crippen LogP contribution is 2.56. The number of aryl methyl sites for hydroxylation is 1. The van der Waals surface area contributed by atoms with Gasteiger partial charge in [0.1, 0.15) is 55.4 Å². The molecule has 4 atom stereocenters. The second kappa shape index (κ2) is 20.6. The first-order valence-electron chi connectivity index (χ1n) is 21.3. The van der Waals surface area contributed by atoms with Crippen LogP contribution in [0.5, 0.6) is 11.5 Å². The average molecular weight is 864 g/mol. The first-order chi connectivity index (χ1) is 30.3. The number of allylic oxidation sites excluding steroid dienone is 2. The summed E-state index contributed by atoms with van der Waals surface area (Å²) in [5.74, 6) is -1.91. The van der Waals surface area contributed by atoms with E-state index in [4.69, 9.17) is 31.9 Å². The second-order valence-electron chi connectivity index (χ2n) is 16.3. The quantitative estimate of drug-likeness (QED) is 0.106. The van der Waals surface area contributed by atoms with Crippen LogP contribution in [-0.2, 0) is 25.6 Å². The van der Waals surface area contributed by atoms with Gasteiger partial charge in [0.25, 0.3) is 5.91 Å². The minimum atomic E-state index is -1.38. The summed E-state index contributed by atoms with van der Waals surface area (Å²) in [5, 5.41) is 19.9. The highest BCUT2D eigenvalue weighted by molar-refractivity contribution is 6.00. The monoisotopic (exact) mass is 863 g/mol. The van der Waals surface area contributed by atoms with Crippen LogP contribution in [0.2, 0.25) is 0 Å². The van der Waals surface area contributed by atoms with Crippen molar-refractivity contribution in [2.75, 3.05) is 46.4 Å². The Morgan fingerprint density at radius 3 is 2.30 bits per heavy atom. The number of nitrogens with zero attached hydrogens (tertiary/aromatic N) is 4. The predicted octanol–water partition coefficient (Wildman–Crippen LogP) is 1.31. The third-order valence-corrected chi connectivity index (χ3v) is 11.8. The number of rotatable bonds is 15. The summed E-state index contributed by atoms with van der Waals surface area (Å²) in [4.78, 5) is 80.4. The molecule has 3 aliphatic rings. The number of nitriles is 1. The Hall–Kier alpha value is -6.42. The van der Waals surface area contributed by atoms with Crippen LogP contribution in [0.25, 0.3) is 16.7 Å². The molecule has 18 heteroatoms. The lowest BCUT2D eigenvalue weighted by Crippen LogP contribution is -2.56. The minimum absolute atomic E-state index is 0.00901. The number of ether oxygens (including phenoxy) is 2. The largest absolute Gasteiger partial charge is 0.492 e. The van der Waals surface area contributed by atoms with E-state index in [0.717, 1.165) is 24.8 Å². The molecule has 0 saturated heterocycles. The van der Waals surface area contributed by atoms with Crippen LogP contribution in [0.1, 0.15) is 84.5 Å². The molecule has 1 spiro atoms. The van der Waals surface area contributed by atoms with Gasteiger partial charge in [-0.25, -0.2) is 9.97 Å². The number of nitrogens with one attached hydrogen (secondary N) is 4. The maximum Gasteiger partial charge on any atom is 0.255 e. The highest BCUT2D eigenvalue weighted by atomic mass is 16.5. The van der Waals surface area contributed by atoms with Gasteiger partial charge in [0, 0.05) is 43.9 Å². The third-order valence-electron chi connectivity index (χ3n) is 11.8. The van der Waals surface area contributed by atoms with Crippen LogP contribution in [0.4, 0.5) is 0 Å². The van der Waals surface area contributed by atoms with Crippen LogP contribution < -0.4 is 47.9 Å². The van der Waals surface area contributed by atoms with Crippen molar-refractivity contribution in [3.63, 3.8) is 0 Å². The zero-order valence-electron chi connectivity index (χ0n) is 36.0. The predicted molar refractivity (Wildman–Crippen MR) is 234 cm³/mol. The maximum absolute atomic E-state index is 14.6. The van der Waals surface area contributed by atoms with Crippen LogP contribution in [0, 0.1) is 23.7 Å². The maximum atomic E-state index is 14.6. The fourth-order valence-electron chi connectivity index (χ4n) is 7.99. The summed E-state index contributed by atoms with van der Waals surface area (Å²) in [7, 11) is 1.42. The summed E-state index contributed by atoms with van der Waals surface area (Å²) < 4.78 is 12.2. The van der Waals surface area contributed by atoms with Crippen LogP contribution in [0.3, 0.4) is 0 Å². The van der Waals surface area contributed by atoms with E-state index in [1.54, 1.807) is 43.3 Å². The SMILES string of the molecule is Cc1nc(C2=CCC3(CC2)CC3)ncc1C(=O)N[C@@H](CCN)C(=O)N(C)[C@@H]1C(=O)N[C@@H](C)C(=O)N[C@H](C(=O)NCC#N)Cc2ccc(OCCN)c(c2)-c2cc1ccc2OCCN. The number of amides is 5. The van der Waals surface area contributed by atoms with E-state index >= 15 is 0 Å². The molecule has 0 unspecified atom stereocenters. The zero-order valence-corrected chi connectivity index (χ0v) is 36.0. The molecule has 0 radical (unpaired) electrons. The number of nitrogens with two attached hydrogens (primary N) is 3. The second-order valence-corrected chi connectivity index (χ2v) is 16.3. The molecule has 4 bridgehead atoms. The van der Waals surface area contributed by atoms with Crippen molar-refractivity contribution in [1.82, 2.24) is 36.1 Å².